The van der Waals surface area contributed by atoms with Crippen molar-refractivity contribution in [2.75, 3.05) is 6.61 Å². The van der Waals surface area contributed by atoms with Gasteiger partial charge in [-0.05, 0) is 30.7 Å². The van der Waals surface area contributed by atoms with Gasteiger partial charge in [0.1, 0.15) is 8.07 Å². The number of hydrogen-bond acceptors (Lipinski definition) is 2. The van der Waals surface area contributed by atoms with Crippen LogP contribution in [0.15, 0.2) is 24.3 Å². The fourth-order valence-electron chi connectivity index (χ4n) is 3.85. The summed E-state index contributed by atoms with van der Waals surface area (Å²) in [5.41, 5.74) is 4.93. The lowest BCUT2D eigenvalue weighted by atomic mass is 10.0. The first-order valence-corrected chi connectivity index (χ1v) is 17.2. The third-order valence-electron chi connectivity index (χ3n) is 5.93. The SMILES string of the molecule is CCCCCCCCCCCCCCCCCCOC(=O)c1ccc(C#C[Si](C)(C)C)cc1. The molecule has 0 N–H and O–H groups in total. The summed E-state index contributed by atoms with van der Waals surface area (Å²) in [7, 11) is -1.38. The number of benzene rings is 1. The topological polar surface area (TPSA) is 26.3 Å². The van der Waals surface area contributed by atoms with Crippen molar-refractivity contribution in [3.05, 3.63) is 35.4 Å². The largest absolute Gasteiger partial charge is 0.462 e. The van der Waals surface area contributed by atoms with E-state index in [9.17, 15) is 4.79 Å². The van der Waals surface area contributed by atoms with Crippen LogP contribution >= 0.6 is 0 Å². The van der Waals surface area contributed by atoms with Crippen LogP contribution in [0.3, 0.4) is 0 Å². The third-order valence-corrected chi connectivity index (χ3v) is 6.81. The van der Waals surface area contributed by atoms with E-state index in [1.54, 1.807) is 0 Å². The van der Waals surface area contributed by atoms with Crippen LogP contribution in [-0.4, -0.2) is 20.7 Å². The van der Waals surface area contributed by atoms with Crippen molar-refractivity contribution < 1.29 is 9.53 Å². The molecule has 0 bridgehead atoms. The standard InChI is InChI=1S/C30H50O2Si/c1-5-6-7-8-9-10-11-12-13-14-15-16-17-18-19-20-26-32-30(31)29-23-21-28(22-24-29)25-27-33(2,3)4/h21-24H,5-20,26H2,1-4H3. The van der Waals surface area contributed by atoms with E-state index in [1.165, 1.54) is 89.9 Å². The minimum absolute atomic E-state index is 0.222. The van der Waals surface area contributed by atoms with Crippen molar-refractivity contribution in [3.63, 3.8) is 0 Å². The zero-order valence-corrected chi connectivity index (χ0v) is 23.1. The molecule has 0 aliphatic heterocycles. The molecule has 0 aliphatic rings. The summed E-state index contributed by atoms with van der Waals surface area (Å²) < 4.78 is 5.43. The quantitative estimate of drug-likeness (QED) is 0.0924. The van der Waals surface area contributed by atoms with Gasteiger partial charge in [-0.3, -0.25) is 0 Å². The van der Waals surface area contributed by atoms with Crippen molar-refractivity contribution in [2.24, 2.45) is 0 Å². The van der Waals surface area contributed by atoms with Gasteiger partial charge in [0.2, 0.25) is 0 Å². The summed E-state index contributed by atoms with van der Waals surface area (Å²) >= 11 is 0. The molecule has 0 amide bonds. The summed E-state index contributed by atoms with van der Waals surface area (Å²) in [6.45, 7) is 9.48. The molecule has 0 atom stereocenters. The number of carbonyl (C=O) groups excluding carboxylic acids is 1. The highest BCUT2D eigenvalue weighted by Gasteiger charge is 2.08. The molecule has 3 heteroatoms. The molecule has 33 heavy (non-hydrogen) atoms. The normalized spacial score (nSPS) is 11.2. The van der Waals surface area contributed by atoms with Gasteiger partial charge in [-0.2, -0.15) is 0 Å². The van der Waals surface area contributed by atoms with Crippen molar-refractivity contribution in [1.29, 1.82) is 0 Å². The highest BCUT2D eigenvalue weighted by atomic mass is 28.3. The molecule has 0 unspecified atom stereocenters. The smallest absolute Gasteiger partial charge is 0.338 e. The highest BCUT2D eigenvalue weighted by Crippen LogP contribution is 2.14. The predicted molar refractivity (Wildman–Crippen MR) is 146 cm³/mol. The maximum Gasteiger partial charge on any atom is 0.338 e. The number of esters is 1. The van der Waals surface area contributed by atoms with Gasteiger partial charge in [-0.15, -0.1) is 5.54 Å². The molecule has 1 aromatic carbocycles. The van der Waals surface area contributed by atoms with Crippen molar-refractivity contribution in [3.8, 4) is 11.5 Å². The van der Waals surface area contributed by atoms with E-state index in [0.717, 1.165) is 18.4 Å². The summed E-state index contributed by atoms with van der Waals surface area (Å²) in [6, 6.07) is 7.48. The minimum Gasteiger partial charge on any atom is -0.462 e. The van der Waals surface area contributed by atoms with Gasteiger partial charge in [-0.1, -0.05) is 129 Å². The molecule has 0 aromatic heterocycles. The monoisotopic (exact) mass is 470 g/mol. The van der Waals surface area contributed by atoms with Gasteiger partial charge >= 0.3 is 5.97 Å². The number of carbonyl (C=O) groups is 1. The zero-order valence-electron chi connectivity index (χ0n) is 22.1. The third kappa shape index (κ3) is 17.6. The van der Waals surface area contributed by atoms with Crippen molar-refractivity contribution in [2.45, 2.75) is 129 Å². The molecular formula is C30H50O2Si. The molecule has 1 rings (SSSR count). The Morgan fingerprint density at radius 1 is 0.697 bits per heavy atom. The predicted octanol–water partition coefficient (Wildman–Crippen LogP) is 9.33. The Hall–Kier alpha value is -1.53. The Morgan fingerprint density at radius 2 is 1.12 bits per heavy atom. The number of ether oxygens (including phenoxy) is 1. The lowest BCUT2D eigenvalue weighted by Crippen LogP contribution is -2.16. The van der Waals surface area contributed by atoms with Crippen LogP contribution in [0.4, 0.5) is 0 Å². The molecular weight excluding hydrogens is 420 g/mol. The van der Waals surface area contributed by atoms with Gasteiger partial charge in [0.05, 0.1) is 12.2 Å². The molecule has 0 radical (unpaired) electrons. The lowest BCUT2D eigenvalue weighted by Gasteiger charge is -2.06. The molecule has 0 fully saturated rings. The lowest BCUT2D eigenvalue weighted by molar-refractivity contribution is 0.0497. The molecule has 0 saturated carbocycles. The van der Waals surface area contributed by atoms with E-state index in [1.807, 2.05) is 24.3 Å². The fourth-order valence-corrected chi connectivity index (χ4v) is 4.37. The van der Waals surface area contributed by atoms with Crippen LogP contribution in [0, 0.1) is 11.5 Å². The van der Waals surface area contributed by atoms with E-state index in [2.05, 4.69) is 38.0 Å². The number of hydrogen-bond donors (Lipinski definition) is 0. The Kier molecular flexibility index (Phi) is 16.8. The van der Waals surface area contributed by atoms with E-state index < -0.39 is 8.07 Å². The second kappa shape index (κ2) is 18.8. The van der Waals surface area contributed by atoms with Gasteiger partial charge in [-0.25, -0.2) is 4.79 Å². The molecule has 0 aliphatic carbocycles. The van der Waals surface area contributed by atoms with Crippen LogP contribution < -0.4 is 0 Å². The van der Waals surface area contributed by atoms with Crippen LogP contribution in [-0.2, 0) is 4.74 Å². The molecule has 1 aromatic rings. The average molecular weight is 471 g/mol. The molecule has 2 nitrogen and oxygen atoms in total. The highest BCUT2D eigenvalue weighted by molar-refractivity contribution is 6.83. The maximum absolute atomic E-state index is 12.2. The maximum atomic E-state index is 12.2. The van der Waals surface area contributed by atoms with E-state index >= 15 is 0 Å². The summed E-state index contributed by atoms with van der Waals surface area (Å²) in [5, 5.41) is 0. The molecule has 0 heterocycles. The summed E-state index contributed by atoms with van der Waals surface area (Å²) in [5.74, 6) is 2.99. The first-order valence-electron chi connectivity index (χ1n) is 13.7. The fraction of sp³-hybridized carbons (Fsp3) is 0.700. The Balaban J connectivity index is 1.94. The van der Waals surface area contributed by atoms with Gasteiger partial charge in [0.25, 0.3) is 0 Å². The van der Waals surface area contributed by atoms with Crippen LogP contribution in [0.5, 0.6) is 0 Å². The molecule has 0 saturated heterocycles. The Labute approximate surface area is 206 Å². The van der Waals surface area contributed by atoms with Gasteiger partial charge in [0, 0.05) is 5.56 Å². The van der Waals surface area contributed by atoms with Gasteiger partial charge < -0.3 is 4.74 Å². The second-order valence-electron chi connectivity index (χ2n) is 10.5. The van der Waals surface area contributed by atoms with Crippen LogP contribution in [0.1, 0.15) is 126 Å². The zero-order chi connectivity index (χ0) is 24.2. The summed E-state index contributed by atoms with van der Waals surface area (Å²) in [4.78, 5) is 12.2. The first-order chi connectivity index (χ1) is 15.9. The average Bonchev–Trinajstić information content (AvgIpc) is 2.79. The van der Waals surface area contributed by atoms with Crippen LogP contribution in [0.2, 0.25) is 19.6 Å². The Bertz CT molecular complexity index is 676. The van der Waals surface area contributed by atoms with Crippen molar-refractivity contribution >= 4 is 14.0 Å². The Morgan fingerprint density at radius 3 is 1.55 bits per heavy atom. The molecule has 0 spiro atoms. The summed E-state index contributed by atoms with van der Waals surface area (Å²) in [6.07, 6.45) is 21.6. The number of rotatable bonds is 18. The van der Waals surface area contributed by atoms with E-state index in [0.29, 0.717) is 12.2 Å². The second-order valence-corrected chi connectivity index (χ2v) is 15.3. The van der Waals surface area contributed by atoms with Crippen LogP contribution in [0.25, 0.3) is 0 Å². The van der Waals surface area contributed by atoms with E-state index in [4.69, 9.17) is 4.74 Å². The van der Waals surface area contributed by atoms with E-state index in [-0.39, 0.29) is 5.97 Å². The number of unbranched alkanes of at least 4 members (excludes halogenated alkanes) is 15. The van der Waals surface area contributed by atoms with Gasteiger partial charge in [0.15, 0.2) is 0 Å². The minimum atomic E-state index is -1.38. The van der Waals surface area contributed by atoms with Crippen molar-refractivity contribution in [1.82, 2.24) is 0 Å². The first kappa shape index (κ1) is 29.5. The molecule has 186 valence electrons.